The van der Waals surface area contributed by atoms with Gasteiger partial charge in [-0.25, -0.2) is 0 Å². The number of rotatable bonds is 14. The quantitative estimate of drug-likeness (QED) is 0.245. The summed E-state index contributed by atoms with van der Waals surface area (Å²) >= 11 is 0. The number of nitrogens with two attached hydrogens (primary N) is 1. The van der Waals surface area contributed by atoms with Gasteiger partial charge in [-0.1, -0.05) is 45.4 Å². The summed E-state index contributed by atoms with van der Waals surface area (Å²) in [5.74, 6) is 0.881. The fourth-order valence-electron chi connectivity index (χ4n) is 3.62. The van der Waals surface area contributed by atoms with Gasteiger partial charge in [-0.2, -0.15) is 0 Å². The number of aliphatic imine (C=N–C) groups is 1. The van der Waals surface area contributed by atoms with E-state index in [1.54, 1.807) is 0 Å². The van der Waals surface area contributed by atoms with E-state index >= 15 is 0 Å². The Labute approximate surface area is 166 Å². The van der Waals surface area contributed by atoms with Crippen LogP contribution in [-0.4, -0.2) is 56.5 Å². The van der Waals surface area contributed by atoms with Crippen LogP contribution in [0.1, 0.15) is 77.6 Å². The number of hydrogen-bond donors (Lipinski definition) is 3. The average molecular weight is 382 g/mol. The molecule has 6 heteroatoms. The highest BCUT2D eigenvalue weighted by Crippen LogP contribution is 2.16. The predicted molar refractivity (Wildman–Crippen MR) is 115 cm³/mol. The van der Waals surface area contributed by atoms with E-state index in [4.69, 9.17) is 5.73 Å². The molecule has 158 valence electrons. The van der Waals surface area contributed by atoms with Crippen LogP contribution in [0, 0.1) is 5.92 Å². The maximum atomic E-state index is 11.2. The Morgan fingerprint density at radius 2 is 1.52 bits per heavy atom. The lowest BCUT2D eigenvalue weighted by Crippen LogP contribution is -2.40. The molecule has 1 amide bonds. The molecule has 0 aliphatic carbocycles. The highest BCUT2D eigenvalue weighted by atomic mass is 16.1. The van der Waals surface area contributed by atoms with E-state index in [2.05, 4.69) is 27.4 Å². The maximum absolute atomic E-state index is 11.2. The molecular formula is C21H43N5O. The Kier molecular flexibility index (Phi) is 13.8. The van der Waals surface area contributed by atoms with Gasteiger partial charge in [0.15, 0.2) is 5.96 Å². The Hall–Kier alpha value is -1.30. The number of hydrogen-bond acceptors (Lipinski definition) is 3. The Morgan fingerprint density at radius 3 is 2.07 bits per heavy atom. The van der Waals surface area contributed by atoms with Crippen molar-refractivity contribution in [2.45, 2.75) is 77.6 Å². The van der Waals surface area contributed by atoms with Gasteiger partial charge in [0.1, 0.15) is 0 Å². The van der Waals surface area contributed by atoms with Crippen LogP contribution in [0.3, 0.4) is 0 Å². The molecule has 0 aromatic heterocycles. The van der Waals surface area contributed by atoms with E-state index in [0.29, 0.717) is 0 Å². The van der Waals surface area contributed by atoms with Crippen molar-refractivity contribution < 1.29 is 4.79 Å². The van der Waals surface area contributed by atoms with Crippen LogP contribution in [-0.2, 0) is 4.79 Å². The summed E-state index contributed by atoms with van der Waals surface area (Å²) in [6.45, 7) is 7.33. The highest BCUT2D eigenvalue weighted by molar-refractivity contribution is 5.79. The molecule has 0 unspecified atom stereocenters. The lowest BCUT2D eigenvalue weighted by Gasteiger charge is -2.30. The van der Waals surface area contributed by atoms with E-state index in [0.717, 1.165) is 57.9 Å². The van der Waals surface area contributed by atoms with Crippen molar-refractivity contribution in [1.82, 2.24) is 15.5 Å². The first-order valence-corrected chi connectivity index (χ1v) is 11.1. The molecule has 0 spiro atoms. The molecule has 4 N–H and O–H groups in total. The topological polar surface area (TPSA) is 82.8 Å². The summed E-state index contributed by atoms with van der Waals surface area (Å²) in [5.41, 5.74) is 5.39. The van der Waals surface area contributed by atoms with Crippen molar-refractivity contribution >= 4 is 11.9 Å². The molecule has 6 nitrogen and oxygen atoms in total. The van der Waals surface area contributed by atoms with Gasteiger partial charge in [0.05, 0.1) is 0 Å². The molecule has 0 bridgehead atoms. The van der Waals surface area contributed by atoms with Gasteiger partial charge >= 0.3 is 0 Å². The van der Waals surface area contributed by atoms with Crippen LogP contribution >= 0.6 is 0 Å². The molecule has 1 rings (SSSR count). The maximum Gasteiger partial charge on any atom is 0.220 e. The Balaban J connectivity index is 1.94. The third-order valence-electron chi connectivity index (χ3n) is 5.48. The van der Waals surface area contributed by atoms with E-state index in [1.165, 1.54) is 51.4 Å². The number of amides is 1. The van der Waals surface area contributed by atoms with Gasteiger partial charge in [-0.3, -0.25) is 9.79 Å². The van der Waals surface area contributed by atoms with Gasteiger partial charge in [0.25, 0.3) is 0 Å². The first-order chi connectivity index (χ1) is 13.2. The van der Waals surface area contributed by atoms with Gasteiger partial charge in [-0.15, -0.1) is 0 Å². The molecule has 1 saturated heterocycles. The monoisotopic (exact) mass is 381 g/mol. The number of primary amides is 1. The summed E-state index contributed by atoms with van der Waals surface area (Å²) in [4.78, 5) is 17.9. The molecule has 0 radical (unpaired) electrons. The van der Waals surface area contributed by atoms with Crippen molar-refractivity contribution in [3.63, 3.8) is 0 Å². The Morgan fingerprint density at radius 1 is 0.963 bits per heavy atom. The lowest BCUT2D eigenvalue weighted by atomic mass is 9.96. The molecule has 1 aliphatic heterocycles. The lowest BCUT2D eigenvalue weighted by molar-refractivity contribution is -0.123. The first-order valence-electron chi connectivity index (χ1n) is 11.1. The highest BCUT2D eigenvalue weighted by Gasteiger charge is 2.22. The molecule has 0 saturated carbocycles. The third-order valence-corrected chi connectivity index (χ3v) is 5.48. The zero-order valence-electron chi connectivity index (χ0n) is 17.8. The molecule has 1 heterocycles. The summed E-state index contributed by atoms with van der Waals surface area (Å²) in [7, 11) is 1.84. The van der Waals surface area contributed by atoms with E-state index in [-0.39, 0.29) is 11.8 Å². The smallest absolute Gasteiger partial charge is 0.220 e. The van der Waals surface area contributed by atoms with Crippen molar-refractivity contribution in [1.29, 1.82) is 0 Å². The van der Waals surface area contributed by atoms with Crippen molar-refractivity contribution in [2.24, 2.45) is 16.6 Å². The fourth-order valence-corrected chi connectivity index (χ4v) is 3.62. The van der Waals surface area contributed by atoms with Gasteiger partial charge in [0.2, 0.25) is 5.91 Å². The molecule has 0 aromatic rings. The number of nitrogens with one attached hydrogen (secondary N) is 2. The number of carbonyl (C=O) groups excluding carboxylic acids is 1. The minimum Gasteiger partial charge on any atom is -0.369 e. The summed E-state index contributed by atoms with van der Waals surface area (Å²) in [6.07, 6.45) is 13.5. The minimum absolute atomic E-state index is 0.0913. The van der Waals surface area contributed by atoms with Crippen LogP contribution in [0.2, 0.25) is 0 Å². The fraction of sp³-hybridized carbons (Fsp3) is 0.905. The van der Waals surface area contributed by atoms with Crippen LogP contribution in [0.25, 0.3) is 0 Å². The summed E-state index contributed by atoms with van der Waals surface area (Å²) in [6, 6.07) is 0. The van der Waals surface area contributed by atoms with Crippen LogP contribution < -0.4 is 16.4 Å². The number of nitrogens with zero attached hydrogens (tertiary/aromatic N) is 2. The molecule has 27 heavy (non-hydrogen) atoms. The summed E-state index contributed by atoms with van der Waals surface area (Å²) in [5, 5.41) is 6.82. The number of carbonyl (C=O) groups is 1. The van der Waals surface area contributed by atoms with Crippen molar-refractivity contribution in [3.8, 4) is 0 Å². The molecule has 0 aromatic carbocycles. The zero-order valence-corrected chi connectivity index (χ0v) is 17.8. The SMILES string of the molecule is CCCCCCCCCNC(=NC)NCCCCN1CCC(C(N)=O)CC1. The summed E-state index contributed by atoms with van der Waals surface area (Å²) < 4.78 is 0. The average Bonchev–Trinajstić information content (AvgIpc) is 2.68. The van der Waals surface area contributed by atoms with E-state index in [9.17, 15) is 4.79 Å². The second-order valence-electron chi connectivity index (χ2n) is 7.77. The number of likely N-dealkylation sites (tertiary alicyclic amines) is 1. The van der Waals surface area contributed by atoms with E-state index in [1.807, 2.05) is 7.05 Å². The largest absolute Gasteiger partial charge is 0.369 e. The van der Waals surface area contributed by atoms with Gasteiger partial charge in [0, 0.05) is 26.1 Å². The van der Waals surface area contributed by atoms with E-state index < -0.39 is 0 Å². The minimum atomic E-state index is -0.130. The molecule has 1 fully saturated rings. The zero-order chi connectivity index (χ0) is 19.7. The predicted octanol–water partition coefficient (Wildman–Crippen LogP) is 2.88. The number of piperidine rings is 1. The van der Waals surface area contributed by atoms with Crippen molar-refractivity contribution in [2.75, 3.05) is 39.8 Å². The number of unbranched alkanes of at least 4 members (excludes halogenated alkanes) is 7. The van der Waals surface area contributed by atoms with Crippen LogP contribution in [0.15, 0.2) is 4.99 Å². The normalized spacial score (nSPS) is 16.4. The number of guanidine groups is 1. The molecule has 1 aliphatic rings. The van der Waals surface area contributed by atoms with Gasteiger partial charge < -0.3 is 21.3 Å². The van der Waals surface area contributed by atoms with Gasteiger partial charge in [-0.05, 0) is 51.7 Å². The first kappa shape index (κ1) is 23.7. The molecule has 0 atom stereocenters. The van der Waals surface area contributed by atoms with Crippen LogP contribution in [0.4, 0.5) is 0 Å². The second-order valence-corrected chi connectivity index (χ2v) is 7.77. The van der Waals surface area contributed by atoms with Crippen LogP contribution in [0.5, 0.6) is 0 Å². The standard InChI is InChI=1S/C21H43N5O/c1-3-4-5-6-7-8-9-14-24-21(23-2)25-15-10-11-16-26-17-12-19(13-18-26)20(22)27/h19H,3-18H2,1-2H3,(H2,22,27)(H2,23,24,25). The third kappa shape index (κ3) is 11.9. The molecular weight excluding hydrogens is 338 g/mol. The Bertz CT molecular complexity index is 405. The second kappa shape index (κ2) is 15.7. The van der Waals surface area contributed by atoms with Crippen molar-refractivity contribution in [3.05, 3.63) is 0 Å².